The molecule has 4 rings (SSSR count). The summed E-state index contributed by atoms with van der Waals surface area (Å²) in [5.74, 6) is 1.22. The van der Waals surface area contributed by atoms with Gasteiger partial charge in [0.25, 0.3) is 0 Å². The highest BCUT2D eigenvalue weighted by atomic mass is 16.6. The lowest BCUT2D eigenvalue weighted by Gasteiger charge is -2.34. The number of hydrogen-bond donors (Lipinski definition) is 1. The van der Waals surface area contributed by atoms with Gasteiger partial charge in [-0.1, -0.05) is 66.7 Å². The average molecular weight is 501 g/mol. The Kier molecular flexibility index (Phi) is 8.49. The molecule has 0 saturated carbocycles. The Balaban J connectivity index is 1.59. The minimum absolute atomic E-state index is 0.0660. The Morgan fingerprint density at radius 3 is 2.11 bits per heavy atom. The first-order valence-corrected chi connectivity index (χ1v) is 12.9. The van der Waals surface area contributed by atoms with Crippen LogP contribution in [0.4, 0.5) is 0 Å². The van der Waals surface area contributed by atoms with Crippen molar-refractivity contribution in [2.24, 2.45) is 0 Å². The molecule has 0 saturated heterocycles. The number of ether oxygens (including phenoxy) is 2. The molecule has 6 heteroatoms. The molecular formula is C31H36N2O4. The van der Waals surface area contributed by atoms with Crippen LogP contribution < -0.4 is 14.8 Å². The van der Waals surface area contributed by atoms with Crippen LogP contribution in [0.5, 0.6) is 11.5 Å². The van der Waals surface area contributed by atoms with E-state index in [0.717, 1.165) is 22.4 Å². The van der Waals surface area contributed by atoms with Crippen molar-refractivity contribution >= 4 is 11.8 Å². The number of carbonyl (C=O) groups is 2. The van der Waals surface area contributed by atoms with Crippen molar-refractivity contribution in [2.75, 3.05) is 13.2 Å². The summed E-state index contributed by atoms with van der Waals surface area (Å²) in [6.07, 6.45) is 1.26. The van der Waals surface area contributed by atoms with Crippen LogP contribution in [0.3, 0.4) is 0 Å². The molecule has 3 aromatic rings. The van der Waals surface area contributed by atoms with Gasteiger partial charge in [0.15, 0.2) is 11.5 Å². The molecule has 6 nitrogen and oxygen atoms in total. The van der Waals surface area contributed by atoms with Gasteiger partial charge in [-0.15, -0.1) is 0 Å². The number of fused-ring (bicyclic) bond motifs is 1. The summed E-state index contributed by atoms with van der Waals surface area (Å²) in [6.45, 7) is 7.28. The quantitative estimate of drug-likeness (QED) is 0.452. The van der Waals surface area contributed by atoms with Crippen LogP contribution in [0.25, 0.3) is 0 Å². The summed E-state index contributed by atoms with van der Waals surface area (Å²) in [4.78, 5) is 29.1. The third-order valence-corrected chi connectivity index (χ3v) is 6.20. The number of nitrogens with one attached hydrogen (secondary N) is 1. The number of aryl methyl sites for hydroxylation is 1. The van der Waals surface area contributed by atoms with Gasteiger partial charge in [0.2, 0.25) is 11.8 Å². The highest BCUT2D eigenvalue weighted by molar-refractivity contribution is 5.88. The lowest BCUT2D eigenvalue weighted by Crippen LogP contribution is -2.54. The molecule has 1 atom stereocenters. The van der Waals surface area contributed by atoms with Gasteiger partial charge < -0.3 is 19.7 Å². The second-order valence-corrected chi connectivity index (χ2v) is 10.4. The molecule has 1 N–H and O–H groups in total. The Bertz CT molecular complexity index is 1190. The molecule has 0 spiro atoms. The molecule has 1 unspecified atom stereocenters. The molecule has 1 aliphatic heterocycles. The van der Waals surface area contributed by atoms with E-state index in [0.29, 0.717) is 38.3 Å². The largest absolute Gasteiger partial charge is 0.486 e. The second-order valence-electron chi connectivity index (χ2n) is 10.4. The second kappa shape index (κ2) is 12.0. The van der Waals surface area contributed by atoms with E-state index in [2.05, 4.69) is 5.32 Å². The average Bonchev–Trinajstić information content (AvgIpc) is 2.89. The molecule has 3 aromatic carbocycles. The fourth-order valence-electron chi connectivity index (χ4n) is 4.43. The minimum Gasteiger partial charge on any atom is -0.486 e. The zero-order valence-corrected chi connectivity index (χ0v) is 21.9. The van der Waals surface area contributed by atoms with Gasteiger partial charge in [0, 0.05) is 24.9 Å². The van der Waals surface area contributed by atoms with Crippen molar-refractivity contribution in [1.82, 2.24) is 10.2 Å². The summed E-state index contributed by atoms with van der Waals surface area (Å²) in [6, 6.07) is 24.9. The van der Waals surface area contributed by atoms with Gasteiger partial charge in [0.1, 0.15) is 19.3 Å². The maximum Gasteiger partial charge on any atom is 0.243 e. The van der Waals surface area contributed by atoms with E-state index in [4.69, 9.17) is 9.47 Å². The number of hydrogen-bond acceptors (Lipinski definition) is 4. The molecule has 0 fully saturated rings. The fraction of sp³-hybridized carbons (Fsp3) is 0.355. The first kappa shape index (κ1) is 26.3. The predicted molar refractivity (Wildman–Crippen MR) is 145 cm³/mol. The van der Waals surface area contributed by atoms with Gasteiger partial charge in [-0.05, 0) is 56.0 Å². The van der Waals surface area contributed by atoms with Gasteiger partial charge >= 0.3 is 0 Å². The number of amides is 2. The number of rotatable bonds is 9. The predicted octanol–water partition coefficient (Wildman–Crippen LogP) is 4.95. The minimum atomic E-state index is -0.644. The van der Waals surface area contributed by atoms with Crippen LogP contribution in [0.2, 0.25) is 0 Å². The highest BCUT2D eigenvalue weighted by Gasteiger charge is 2.32. The van der Waals surface area contributed by atoms with Crippen molar-refractivity contribution in [1.29, 1.82) is 0 Å². The lowest BCUT2D eigenvalue weighted by atomic mass is 9.99. The molecule has 0 aromatic heterocycles. The standard InChI is InChI=1S/C31H36N2O4/c1-31(2,3)32-30(35)26(20-23-10-6-4-7-11-23)33(22-25-12-8-5-9-13-25)29(34)17-15-24-14-16-27-28(21-24)37-19-18-36-27/h4-14,16,21,26H,15,17-20,22H2,1-3H3,(H,32,35). The highest BCUT2D eigenvalue weighted by Crippen LogP contribution is 2.31. The normalized spacial score (nSPS) is 13.5. The Morgan fingerprint density at radius 1 is 0.838 bits per heavy atom. The molecule has 37 heavy (non-hydrogen) atoms. The van der Waals surface area contributed by atoms with Gasteiger partial charge in [-0.2, -0.15) is 0 Å². The first-order chi connectivity index (χ1) is 17.8. The molecule has 0 bridgehead atoms. The molecule has 2 amide bonds. The van der Waals surface area contributed by atoms with E-state index in [-0.39, 0.29) is 18.2 Å². The van der Waals surface area contributed by atoms with E-state index in [9.17, 15) is 9.59 Å². The third kappa shape index (κ3) is 7.59. The summed E-state index contributed by atoms with van der Waals surface area (Å²) in [5.41, 5.74) is 2.57. The van der Waals surface area contributed by atoms with Gasteiger partial charge in [0.05, 0.1) is 0 Å². The van der Waals surface area contributed by atoms with Crippen LogP contribution in [0.1, 0.15) is 43.9 Å². The van der Waals surface area contributed by atoms with E-state index >= 15 is 0 Å². The molecule has 0 aliphatic carbocycles. The summed E-state index contributed by atoms with van der Waals surface area (Å²) >= 11 is 0. The van der Waals surface area contributed by atoms with Crippen molar-refractivity contribution in [2.45, 2.75) is 58.2 Å². The van der Waals surface area contributed by atoms with E-state index < -0.39 is 11.6 Å². The molecular weight excluding hydrogens is 464 g/mol. The maximum atomic E-state index is 13.8. The van der Waals surface area contributed by atoms with Crippen LogP contribution in [0.15, 0.2) is 78.9 Å². The van der Waals surface area contributed by atoms with Crippen molar-refractivity contribution < 1.29 is 19.1 Å². The summed E-state index contributed by atoms with van der Waals surface area (Å²) in [5, 5.41) is 3.11. The number of carbonyl (C=O) groups excluding carboxylic acids is 2. The fourth-order valence-corrected chi connectivity index (χ4v) is 4.43. The lowest BCUT2D eigenvalue weighted by molar-refractivity contribution is -0.141. The van der Waals surface area contributed by atoms with E-state index in [1.807, 2.05) is 99.6 Å². The maximum absolute atomic E-state index is 13.8. The smallest absolute Gasteiger partial charge is 0.243 e. The Hall–Kier alpha value is -3.80. The molecule has 1 heterocycles. The zero-order chi connectivity index (χ0) is 26.3. The monoisotopic (exact) mass is 500 g/mol. The SMILES string of the molecule is CC(C)(C)NC(=O)C(Cc1ccccc1)N(Cc1ccccc1)C(=O)CCc1ccc2c(c1)OCCO2. The van der Waals surface area contributed by atoms with Crippen LogP contribution >= 0.6 is 0 Å². The summed E-state index contributed by atoms with van der Waals surface area (Å²) < 4.78 is 11.3. The van der Waals surface area contributed by atoms with Gasteiger partial charge in [-0.25, -0.2) is 0 Å². The molecule has 0 radical (unpaired) electrons. The molecule has 194 valence electrons. The first-order valence-electron chi connectivity index (χ1n) is 12.9. The van der Waals surface area contributed by atoms with Crippen molar-refractivity contribution in [3.8, 4) is 11.5 Å². The summed E-state index contributed by atoms with van der Waals surface area (Å²) in [7, 11) is 0. The third-order valence-electron chi connectivity index (χ3n) is 6.20. The Labute approximate surface area is 219 Å². The topological polar surface area (TPSA) is 67.9 Å². The number of benzene rings is 3. The van der Waals surface area contributed by atoms with Crippen LogP contribution in [-0.4, -0.2) is 41.5 Å². The molecule has 1 aliphatic rings. The Morgan fingerprint density at radius 2 is 1.46 bits per heavy atom. The van der Waals surface area contributed by atoms with Crippen molar-refractivity contribution in [3.63, 3.8) is 0 Å². The van der Waals surface area contributed by atoms with Crippen molar-refractivity contribution in [3.05, 3.63) is 95.6 Å². The van der Waals surface area contributed by atoms with E-state index in [1.54, 1.807) is 4.90 Å². The van der Waals surface area contributed by atoms with Gasteiger partial charge in [-0.3, -0.25) is 9.59 Å². The van der Waals surface area contributed by atoms with E-state index in [1.165, 1.54) is 0 Å². The number of nitrogens with zero attached hydrogens (tertiary/aromatic N) is 1. The van der Waals surface area contributed by atoms with Crippen LogP contribution in [0, 0.1) is 0 Å². The van der Waals surface area contributed by atoms with Crippen LogP contribution in [-0.2, 0) is 29.0 Å². The zero-order valence-electron chi connectivity index (χ0n) is 21.9.